The summed E-state index contributed by atoms with van der Waals surface area (Å²) in [5, 5.41) is 9.86. The van der Waals surface area contributed by atoms with Crippen molar-refractivity contribution in [2.75, 3.05) is 6.26 Å². The monoisotopic (exact) mass is 558 g/mol. The van der Waals surface area contributed by atoms with Crippen molar-refractivity contribution in [3.8, 4) is 6.07 Å². The summed E-state index contributed by atoms with van der Waals surface area (Å²) in [6.07, 6.45) is 10.1. The maximum absolute atomic E-state index is 13.5. The van der Waals surface area contributed by atoms with Crippen molar-refractivity contribution in [1.29, 1.82) is 5.26 Å². The Bertz CT molecular complexity index is 1240. The number of nitrogens with zero attached hydrogens (tertiary/aromatic N) is 1. The van der Waals surface area contributed by atoms with Gasteiger partial charge in [-0.2, -0.15) is 5.26 Å². The van der Waals surface area contributed by atoms with Crippen LogP contribution >= 0.6 is 0 Å². The molecule has 6 nitrogen and oxygen atoms in total. The molecule has 0 aromatic carbocycles. The van der Waals surface area contributed by atoms with Gasteiger partial charge in [-0.25, -0.2) is 13.1 Å². The summed E-state index contributed by atoms with van der Waals surface area (Å²) < 4.78 is 28.3. The molecule has 3 fully saturated rings. The van der Waals surface area contributed by atoms with Crippen LogP contribution in [0.15, 0.2) is 11.6 Å². The van der Waals surface area contributed by atoms with E-state index in [1.54, 1.807) is 0 Å². The second kappa shape index (κ2) is 9.24. The first kappa shape index (κ1) is 30.4. The summed E-state index contributed by atoms with van der Waals surface area (Å²) >= 11 is 0. The molecular weight excluding hydrogens is 508 g/mol. The van der Waals surface area contributed by atoms with Gasteiger partial charge in [0.1, 0.15) is 11.9 Å². The van der Waals surface area contributed by atoms with Crippen molar-refractivity contribution >= 4 is 21.6 Å². The molecule has 0 radical (unpaired) electrons. The number of rotatable bonds is 5. The van der Waals surface area contributed by atoms with Gasteiger partial charge in [0.2, 0.25) is 10.0 Å². The molecule has 4 aliphatic rings. The molecule has 4 rings (SSSR count). The molecular formula is C32H50N2O4S. The van der Waals surface area contributed by atoms with Crippen LogP contribution in [0.5, 0.6) is 0 Å². The lowest BCUT2D eigenvalue weighted by Crippen LogP contribution is -2.63. The molecule has 0 aliphatic heterocycles. The molecule has 0 aromatic rings. The van der Waals surface area contributed by atoms with Gasteiger partial charge in [0.05, 0.1) is 11.8 Å². The van der Waals surface area contributed by atoms with Crippen molar-refractivity contribution < 1.29 is 18.0 Å². The lowest BCUT2D eigenvalue weighted by Gasteiger charge is -2.66. The third-order valence-corrected chi connectivity index (χ3v) is 13.2. The number of nitriles is 1. The minimum absolute atomic E-state index is 0.0206. The third-order valence-electron chi connectivity index (χ3n) is 12.5. The molecule has 39 heavy (non-hydrogen) atoms. The van der Waals surface area contributed by atoms with Crippen LogP contribution in [-0.4, -0.2) is 31.8 Å². The van der Waals surface area contributed by atoms with Crippen molar-refractivity contribution in [2.24, 2.45) is 44.8 Å². The van der Waals surface area contributed by atoms with Gasteiger partial charge in [0, 0.05) is 23.8 Å². The van der Waals surface area contributed by atoms with Crippen molar-refractivity contribution in [1.82, 2.24) is 4.72 Å². The van der Waals surface area contributed by atoms with Crippen LogP contribution in [0, 0.1) is 56.2 Å². The molecule has 4 aliphatic carbocycles. The van der Waals surface area contributed by atoms with E-state index in [4.69, 9.17) is 0 Å². The number of allylic oxidation sites excluding steroid dienone is 2. The third kappa shape index (κ3) is 4.86. The number of hydrogen-bond acceptors (Lipinski definition) is 5. The van der Waals surface area contributed by atoms with Gasteiger partial charge >= 0.3 is 0 Å². The number of Topliss-reactive ketones (excluding diaryl/α,β-unsaturated/α-hetero) is 2. The van der Waals surface area contributed by atoms with E-state index in [0.717, 1.165) is 38.5 Å². The lowest BCUT2D eigenvalue weighted by molar-refractivity contribution is -0.175. The number of fused-ring (bicyclic) bond motifs is 3. The van der Waals surface area contributed by atoms with Gasteiger partial charge in [-0.1, -0.05) is 61.5 Å². The zero-order valence-electron chi connectivity index (χ0n) is 25.7. The Morgan fingerprint density at radius 2 is 1.64 bits per heavy atom. The summed E-state index contributed by atoms with van der Waals surface area (Å²) in [6.45, 7) is 17.4. The fraction of sp³-hybridized carbons (Fsp3) is 0.844. The van der Waals surface area contributed by atoms with E-state index in [0.29, 0.717) is 19.3 Å². The summed E-state index contributed by atoms with van der Waals surface area (Å²) in [4.78, 5) is 26.7. The molecule has 7 heteroatoms. The van der Waals surface area contributed by atoms with Gasteiger partial charge in [0.25, 0.3) is 0 Å². The highest BCUT2D eigenvalue weighted by molar-refractivity contribution is 7.88. The second-order valence-corrected chi connectivity index (χ2v) is 17.7. The summed E-state index contributed by atoms with van der Waals surface area (Å²) in [5.41, 5.74) is -1.69. The molecule has 218 valence electrons. The largest absolute Gasteiger partial charge is 0.300 e. The Kier molecular flexibility index (Phi) is 7.22. The summed E-state index contributed by atoms with van der Waals surface area (Å²) in [5.74, 6) is 0.436. The molecule has 0 spiro atoms. The highest BCUT2D eigenvalue weighted by Crippen LogP contribution is 2.70. The average molecular weight is 559 g/mol. The summed E-state index contributed by atoms with van der Waals surface area (Å²) in [7, 11) is -3.41. The van der Waals surface area contributed by atoms with Crippen LogP contribution < -0.4 is 4.72 Å². The predicted molar refractivity (Wildman–Crippen MR) is 154 cm³/mol. The Labute approximate surface area is 236 Å². The maximum atomic E-state index is 13.5. The van der Waals surface area contributed by atoms with Crippen LogP contribution in [0.4, 0.5) is 0 Å². The van der Waals surface area contributed by atoms with Gasteiger partial charge < -0.3 is 0 Å². The van der Waals surface area contributed by atoms with Crippen LogP contribution in [-0.2, 0) is 19.6 Å². The predicted octanol–water partition coefficient (Wildman–Crippen LogP) is 6.37. The first-order valence-electron chi connectivity index (χ1n) is 14.8. The van der Waals surface area contributed by atoms with Crippen LogP contribution in [0.3, 0.4) is 0 Å². The SMILES string of the molecule is CC1CC(C)(C)CC[C@@]1(CC[C@]1(C)CC(=O)C[C@@H]2[C@@]3(C)C=C(C#N)C(=O)C(C)(C)[C@@H]3CC[C@]21C)NS(C)(=O)=O. The van der Waals surface area contributed by atoms with Crippen LogP contribution in [0.1, 0.15) is 113 Å². The zero-order chi connectivity index (χ0) is 29.4. The minimum Gasteiger partial charge on any atom is -0.300 e. The van der Waals surface area contributed by atoms with Gasteiger partial charge in [0.15, 0.2) is 5.78 Å². The van der Waals surface area contributed by atoms with E-state index in [1.807, 2.05) is 19.9 Å². The Morgan fingerprint density at radius 1 is 1.00 bits per heavy atom. The zero-order valence-corrected chi connectivity index (χ0v) is 26.5. The van der Waals surface area contributed by atoms with Crippen LogP contribution in [0.2, 0.25) is 0 Å². The number of sulfonamides is 1. The topological polar surface area (TPSA) is 104 Å². The Balaban J connectivity index is 1.73. The minimum atomic E-state index is -3.41. The fourth-order valence-corrected chi connectivity index (χ4v) is 11.2. The number of carbonyl (C=O) groups is 2. The van der Waals surface area contributed by atoms with E-state index < -0.39 is 26.4 Å². The molecule has 7 atom stereocenters. The summed E-state index contributed by atoms with van der Waals surface area (Å²) in [6, 6.07) is 2.18. The first-order valence-corrected chi connectivity index (χ1v) is 16.7. The highest BCUT2D eigenvalue weighted by Gasteiger charge is 2.66. The number of nitrogens with one attached hydrogen (secondary N) is 1. The van der Waals surface area contributed by atoms with Crippen molar-refractivity contribution in [2.45, 2.75) is 119 Å². The molecule has 0 aromatic heterocycles. The van der Waals surface area contributed by atoms with E-state index in [9.17, 15) is 23.3 Å². The molecule has 1 unspecified atom stereocenters. The molecule has 3 saturated carbocycles. The van der Waals surface area contributed by atoms with Gasteiger partial charge in [-0.3, -0.25) is 9.59 Å². The van der Waals surface area contributed by atoms with Gasteiger partial charge in [-0.15, -0.1) is 0 Å². The van der Waals surface area contributed by atoms with Crippen molar-refractivity contribution in [3.05, 3.63) is 11.6 Å². The lowest BCUT2D eigenvalue weighted by atomic mass is 9.37. The Hall–Kier alpha value is -1.52. The molecule has 0 saturated heterocycles. The smallest absolute Gasteiger partial charge is 0.209 e. The molecule has 1 N–H and O–H groups in total. The van der Waals surface area contributed by atoms with Gasteiger partial charge in [-0.05, 0) is 84.4 Å². The molecule has 0 heterocycles. The molecule has 0 amide bonds. The average Bonchev–Trinajstić information content (AvgIpc) is 2.78. The van der Waals surface area contributed by atoms with E-state index in [2.05, 4.69) is 52.3 Å². The number of ketones is 2. The Morgan fingerprint density at radius 3 is 2.21 bits per heavy atom. The quantitative estimate of drug-likeness (QED) is 0.422. The van der Waals surface area contributed by atoms with Crippen molar-refractivity contribution in [3.63, 3.8) is 0 Å². The standard InChI is InChI=1S/C32H50N2O4S/c1-21-17-27(2,3)12-14-32(21,34-39(9,37)38)15-13-29(6)19-23(35)16-25-30(7)18-22(20-33)26(36)28(4,5)24(30)10-11-31(25,29)8/h18,21,24-25,34H,10-17,19H2,1-9H3/t21?,24-,25+,29+,30-,31+,32-/m0/s1. The maximum Gasteiger partial charge on any atom is 0.209 e. The fourth-order valence-electron chi connectivity index (χ4n) is 10.0. The highest BCUT2D eigenvalue weighted by atomic mass is 32.2. The molecule has 0 bridgehead atoms. The normalized spacial score (nSPS) is 43.6. The second-order valence-electron chi connectivity index (χ2n) is 15.9. The van der Waals surface area contributed by atoms with E-state index >= 15 is 0 Å². The van der Waals surface area contributed by atoms with E-state index in [-0.39, 0.29) is 51.1 Å². The van der Waals surface area contributed by atoms with E-state index in [1.165, 1.54) is 6.26 Å². The first-order chi connectivity index (χ1) is 17.6. The number of carbonyl (C=O) groups excluding carboxylic acids is 2. The number of hydrogen-bond donors (Lipinski definition) is 1. The van der Waals surface area contributed by atoms with Crippen LogP contribution in [0.25, 0.3) is 0 Å².